The van der Waals surface area contributed by atoms with E-state index in [1.807, 2.05) is 23.6 Å². The summed E-state index contributed by atoms with van der Waals surface area (Å²) in [6.07, 6.45) is 7.23. The van der Waals surface area contributed by atoms with Gasteiger partial charge in [-0.2, -0.15) is 0 Å². The maximum absolute atomic E-state index is 6.54. The molecule has 0 atom stereocenters. The Morgan fingerprint density at radius 1 is 1.00 bits per heavy atom. The van der Waals surface area contributed by atoms with Crippen LogP contribution in [0.25, 0.3) is 10.1 Å². The van der Waals surface area contributed by atoms with Gasteiger partial charge in [-0.25, -0.2) is 0 Å². The summed E-state index contributed by atoms with van der Waals surface area (Å²) in [6.45, 7) is 0.840. The fourth-order valence-corrected chi connectivity index (χ4v) is 6.59. The highest BCUT2D eigenvalue weighted by molar-refractivity contribution is 7.19. The van der Waals surface area contributed by atoms with E-state index in [4.69, 9.17) is 9.72 Å². The van der Waals surface area contributed by atoms with Gasteiger partial charge in [-0.05, 0) is 75.3 Å². The van der Waals surface area contributed by atoms with E-state index in [-0.39, 0.29) is 11.1 Å². The molecule has 3 heterocycles. The number of pyridine rings is 1. The average Bonchev–Trinajstić information content (AvgIpc) is 3.10. The lowest BCUT2D eigenvalue weighted by Crippen LogP contribution is -2.50. The van der Waals surface area contributed by atoms with Crippen LogP contribution in [0.2, 0.25) is 0 Å². The second-order valence-electron chi connectivity index (χ2n) is 8.14. The van der Waals surface area contributed by atoms with Crippen LogP contribution in [0.1, 0.15) is 41.8 Å². The third-order valence-corrected chi connectivity index (χ3v) is 8.12. The van der Waals surface area contributed by atoms with E-state index in [0.29, 0.717) is 0 Å². The molecule has 27 heavy (non-hydrogen) atoms. The Balaban J connectivity index is 1.53. The molecule has 1 fully saturated rings. The molecule has 2 aromatic heterocycles. The van der Waals surface area contributed by atoms with Crippen LogP contribution < -0.4 is 0 Å². The Labute approximate surface area is 165 Å². The van der Waals surface area contributed by atoms with Crippen molar-refractivity contribution >= 4 is 21.4 Å². The summed E-state index contributed by atoms with van der Waals surface area (Å²) >= 11 is 1.96. The lowest BCUT2D eigenvalue weighted by atomic mass is 9.69. The lowest BCUT2D eigenvalue weighted by molar-refractivity contribution is -0.109. The molecule has 0 amide bonds. The van der Waals surface area contributed by atoms with Crippen LogP contribution in [-0.4, -0.2) is 30.6 Å². The van der Waals surface area contributed by atoms with E-state index >= 15 is 0 Å². The first-order valence-corrected chi connectivity index (χ1v) is 10.7. The number of hydrogen-bond acceptors (Lipinski definition) is 4. The summed E-state index contributed by atoms with van der Waals surface area (Å²) in [4.78, 5) is 8.59. The van der Waals surface area contributed by atoms with E-state index in [9.17, 15) is 0 Å². The summed E-state index contributed by atoms with van der Waals surface area (Å²) in [7, 11) is 4.39. The molecule has 5 rings (SSSR count). The monoisotopic (exact) mass is 378 g/mol. The van der Waals surface area contributed by atoms with Crippen molar-refractivity contribution in [1.82, 2.24) is 9.88 Å². The summed E-state index contributed by atoms with van der Waals surface area (Å²) in [5.74, 6) is 0. The molecule has 0 N–H and O–H groups in total. The van der Waals surface area contributed by atoms with Gasteiger partial charge >= 0.3 is 0 Å². The molecule has 2 aliphatic rings. The maximum atomic E-state index is 6.54. The molecule has 0 saturated heterocycles. The minimum Gasteiger partial charge on any atom is -0.369 e. The molecule has 140 valence electrons. The molecule has 1 aliphatic heterocycles. The smallest absolute Gasteiger partial charge is 0.103 e. The van der Waals surface area contributed by atoms with Crippen LogP contribution in [-0.2, 0) is 22.3 Å². The number of aromatic nitrogens is 1. The number of hydrogen-bond donors (Lipinski definition) is 0. The van der Waals surface area contributed by atoms with Crippen LogP contribution in [0.3, 0.4) is 0 Å². The quantitative estimate of drug-likeness (QED) is 0.621. The second-order valence-corrected chi connectivity index (χ2v) is 9.19. The summed E-state index contributed by atoms with van der Waals surface area (Å²) in [6, 6.07) is 15.2. The third-order valence-electron chi connectivity index (χ3n) is 6.73. The Kier molecular flexibility index (Phi) is 4.12. The molecule has 1 spiro atoms. The minimum absolute atomic E-state index is 0.00413. The molecule has 1 aliphatic carbocycles. The zero-order valence-corrected chi connectivity index (χ0v) is 16.9. The lowest BCUT2D eigenvalue weighted by Gasteiger charge is -2.50. The van der Waals surface area contributed by atoms with E-state index in [2.05, 4.69) is 55.4 Å². The van der Waals surface area contributed by atoms with E-state index in [0.717, 1.165) is 38.7 Å². The van der Waals surface area contributed by atoms with Crippen LogP contribution in [0.4, 0.5) is 0 Å². The van der Waals surface area contributed by atoms with Gasteiger partial charge in [-0.1, -0.05) is 24.3 Å². The summed E-state index contributed by atoms with van der Waals surface area (Å²) in [5, 5.41) is 1.44. The number of ether oxygens (including phenoxy) is 1. The van der Waals surface area contributed by atoms with Crippen molar-refractivity contribution in [3.63, 3.8) is 0 Å². The van der Waals surface area contributed by atoms with Crippen molar-refractivity contribution in [2.75, 3.05) is 20.7 Å². The second kappa shape index (κ2) is 6.40. The first-order chi connectivity index (χ1) is 13.1. The molecule has 0 unspecified atom stereocenters. The standard InChI is InChI=1S/C23H26N2OS/c1-25(2)22(20-9-5-6-15-24-20)11-13-23(14-12-22)21-18(10-16-26-23)17-7-3-4-8-19(17)27-21/h3-9,15H,10-14,16H2,1-2H3. The molecule has 0 radical (unpaired) electrons. The zero-order valence-electron chi connectivity index (χ0n) is 16.1. The zero-order chi connectivity index (χ0) is 18.5. The number of benzene rings is 1. The number of nitrogens with zero attached hydrogens (tertiary/aromatic N) is 2. The highest BCUT2D eigenvalue weighted by Crippen LogP contribution is 2.54. The fraction of sp³-hybridized carbons (Fsp3) is 0.435. The van der Waals surface area contributed by atoms with Crippen LogP contribution in [0.5, 0.6) is 0 Å². The van der Waals surface area contributed by atoms with Gasteiger partial charge in [0.2, 0.25) is 0 Å². The van der Waals surface area contributed by atoms with Crippen molar-refractivity contribution in [3.8, 4) is 0 Å². The van der Waals surface area contributed by atoms with Crippen molar-refractivity contribution in [2.45, 2.75) is 43.2 Å². The minimum atomic E-state index is -0.106. The van der Waals surface area contributed by atoms with Gasteiger partial charge in [0.25, 0.3) is 0 Å². The average molecular weight is 379 g/mol. The first-order valence-electron chi connectivity index (χ1n) is 9.88. The van der Waals surface area contributed by atoms with Crippen molar-refractivity contribution in [1.29, 1.82) is 0 Å². The topological polar surface area (TPSA) is 25.4 Å². The highest BCUT2D eigenvalue weighted by Gasteiger charge is 2.49. The van der Waals surface area contributed by atoms with Gasteiger partial charge in [0.1, 0.15) is 5.60 Å². The maximum Gasteiger partial charge on any atom is 0.103 e. The predicted molar refractivity (Wildman–Crippen MR) is 111 cm³/mol. The van der Waals surface area contributed by atoms with Crippen LogP contribution in [0, 0.1) is 0 Å². The molecular weight excluding hydrogens is 352 g/mol. The van der Waals surface area contributed by atoms with Gasteiger partial charge in [0, 0.05) is 15.8 Å². The normalized spacial score (nSPS) is 28.0. The Bertz CT molecular complexity index is 955. The van der Waals surface area contributed by atoms with Gasteiger partial charge in [-0.15, -0.1) is 11.3 Å². The van der Waals surface area contributed by atoms with E-state index < -0.39 is 0 Å². The molecule has 3 aromatic rings. The van der Waals surface area contributed by atoms with E-state index in [1.54, 1.807) is 0 Å². The predicted octanol–water partition coefficient (Wildman–Crippen LogP) is 5.10. The van der Waals surface area contributed by atoms with E-state index in [1.165, 1.54) is 26.2 Å². The Hall–Kier alpha value is -1.75. The molecular formula is C23H26N2OS. The van der Waals surface area contributed by atoms with Gasteiger partial charge < -0.3 is 4.74 Å². The summed E-state index contributed by atoms with van der Waals surface area (Å²) < 4.78 is 7.95. The van der Waals surface area contributed by atoms with Gasteiger partial charge in [0.15, 0.2) is 0 Å². The third kappa shape index (κ3) is 2.58. The van der Waals surface area contributed by atoms with Gasteiger partial charge in [-0.3, -0.25) is 9.88 Å². The first kappa shape index (κ1) is 17.4. The summed E-state index contributed by atoms with van der Waals surface area (Å²) in [5.41, 5.74) is 2.63. The molecule has 1 saturated carbocycles. The van der Waals surface area contributed by atoms with Crippen molar-refractivity contribution < 1.29 is 4.74 Å². The largest absolute Gasteiger partial charge is 0.369 e. The van der Waals surface area contributed by atoms with Crippen LogP contribution >= 0.6 is 11.3 Å². The van der Waals surface area contributed by atoms with Gasteiger partial charge in [0.05, 0.1) is 17.8 Å². The Morgan fingerprint density at radius 3 is 2.52 bits per heavy atom. The molecule has 1 aromatic carbocycles. The molecule has 0 bridgehead atoms. The van der Waals surface area contributed by atoms with Crippen LogP contribution in [0.15, 0.2) is 48.7 Å². The SMILES string of the molecule is CN(C)C1(c2ccccn2)CCC2(CC1)OCCc1c2sc2ccccc12. The fourth-order valence-electron chi connectivity index (χ4n) is 5.14. The van der Waals surface area contributed by atoms with Crippen molar-refractivity contribution in [2.24, 2.45) is 0 Å². The Morgan fingerprint density at radius 2 is 1.78 bits per heavy atom. The number of fused-ring (bicyclic) bond motifs is 4. The number of thiophene rings is 1. The number of rotatable bonds is 2. The molecule has 4 heteroatoms. The highest BCUT2D eigenvalue weighted by atomic mass is 32.1. The van der Waals surface area contributed by atoms with Crippen molar-refractivity contribution in [3.05, 3.63) is 64.8 Å². The molecule has 3 nitrogen and oxygen atoms in total.